The zero-order valence-electron chi connectivity index (χ0n) is 45.1. The van der Waals surface area contributed by atoms with Gasteiger partial charge in [-0.25, -0.2) is 9.36 Å². The molecule has 0 aromatic carbocycles. The van der Waals surface area contributed by atoms with Gasteiger partial charge in [-0.15, -0.1) is 0 Å². The van der Waals surface area contributed by atoms with Crippen LogP contribution >= 0.6 is 19.6 Å². The summed E-state index contributed by atoms with van der Waals surface area (Å²) >= 11 is 1.86. The van der Waals surface area contributed by atoms with Crippen molar-refractivity contribution in [2.24, 2.45) is 0 Å². The molecule has 5 atom stereocenters. The van der Waals surface area contributed by atoms with Gasteiger partial charge >= 0.3 is 25.8 Å². The number of esters is 2. The zero-order valence-corrected chi connectivity index (χ0v) is 46.8. The van der Waals surface area contributed by atoms with Crippen molar-refractivity contribution in [1.82, 2.24) is 20.9 Å². The van der Waals surface area contributed by atoms with Crippen molar-refractivity contribution in [3.63, 3.8) is 0 Å². The predicted molar refractivity (Wildman–Crippen MR) is 291 cm³/mol. The lowest BCUT2D eigenvalue weighted by molar-refractivity contribution is -0.161. The van der Waals surface area contributed by atoms with Crippen LogP contribution in [0.15, 0.2) is 12.2 Å². The Kier molecular flexibility index (Phi) is 40.8. The monoisotopic (exact) mass is 1060 g/mol. The number of allylic oxidation sites excluding steroid dienone is 2. The number of nitrogens with zero attached hydrogens (tertiary/aromatic N) is 1. The highest BCUT2D eigenvalue weighted by Gasteiger charge is 2.42. The fourth-order valence-corrected chi connectivity index (χ4v) is 11.5. The van der Waals surface area contributed by atoms with Crippen molar-refractivity contribution in [2.45, 2.75) is 256 Å². The average Bonchev–Trinajstić information content (AvgIpc) is 3.93. The maximum atomic E-state index is 13.0. The minimum absolute atomic E-state index is 0.00275. The Morgan fingerprint density at radius 3 is 1.83 bits per heavy atom. The van der Waals surface area contributed by atoms with Crippen LogP contribution in [-0.4, -0.2) is 115 Å². The Morgan fingerprint density at radius 1 is 0.681 bits per heavy atom. The third-order valence-electron chi connectivity index (χ3n) is 13.5. The van der Waals surface area contributed by atoms with Gasteiger partial charge in [-0.05, 0) is 64.3 Å². The van der Waals surface area contributed by atoms with E-state index in [-0.39, 0.29) is 63.0 Å². The summed E-state index contributed by atoms with van der Waals surface area (Å²) in [5, 5.41) is 9.45. The van der Waals surface area contributed by atoms with E-state index < -0.39 is 32.5 Å². The number of amides is 3. The number of nitrogens with one attached hydrogen (secondary N) is 3. The third kappa shape index (κ3) is 35.7. The summed E-state index contributed by atoms with van der Waals surface area (Å²) in [6.45, 7) is 5.13. The first-order chi connectivity index (χ1) is 35.1. The van der Waals surface area contributed by atoms with Crippen LogP contribution in [0.3, 0.4) is 0 Å². The normalized spacial score (nSPS) is 17.6. The zero-order chi connectivity index (χ0) is 52.2. The lowest BCUT2D eigenvalue weighted by Gasteiger charge is -2.22. The number of unbranched alkanes of at least 4 members (excludes halogenated alkanes) is 24. The van der Waals surface area contributed by atoms with E-state index in [1.54, 1.807) is 4.90 Å². The van der Waals surface area contributed by atoms with Gasteiger partial charge in [0.1, 0.15) is 12.9 Å². The molecule has 72 heavy (non-hydrogen) atoms. The Morgan fingerprint density at radius 2 is 1.24 bits per heavy atom. The lowest BCUT2D eigenvalue weighted by Crippen LogP contribution is -2.37. The topological polar surface area (TPSA) is 199 Å². The Balaban J connectivity index is 1.68. The molecule has 0 aromatic heterocycles. The van der Waals surface area contributed by atoms with E-state index in [0.29, 0.717) is 50.6 Å². The molecule has 17 heteroatoms. The van der Waals surface area contributed by atoms with E-state index >= 15 is 0 Å². The Labute approximate surface area is 440 Å². The van der Waals surface area contributed by atoms with Crippen molar-refractivity contribution < 1.29 is 52.0 Å². The number of aldehydes is 1. The Bertz CT molecular complexity index is 1490. The van der Waals surface area contributed by atoms with Gasteiger partial charge < -0.3 is 40.0 Å². The largest absolute Gasteiger partial charge is 0.472 e. The van der Waals surface area contributed by atoms with Crippen molar-refractivity contribution in [3.05, 3.63) is 12.2 Å². The quantitative estimate of drug-likeness (QED) is 0.0112. The number of rotatable bonds is 51. The summed E-state index contributed by atoms with van der Waals surface area (Å²) in [7, 11) is -4.55. The molecule has 0 saturated carbocycles. The standard InChI is InChI=1S/C55H101N4O11PS/c1-3-5-7-9-11-13-15-17-18-20-22-24-26-28-30-38-53(63)70-48(45-67-52(62)37-29-27-25-23-21-19-16-14-12-10-8-6-4-2)46-69-71(65,66)68-44-40-56-39-33-41-59(42-34-43-60)51(61)36-32-31-35-50-54-49(47-72-50)57-55(64)58-54/h17-18,43,48-50,54,56H,3-16,19-42,44-47H2,1-2H3,(H,65,66)(H2,57,58,64)/b18-17-/t48-,49?,50?,54?/m1/s1. The van der Waals surface area contributed by atoms with Crippen molar-refractivity contribution in [2.75, 3.05) is 51.8 Å². The molecule has 2 saturated heterocycles. The van der Waals surface area contributed by atoms with E-state index in [1.165, 1.54) is 96.3 Å². The van der Waals surface area contributed by atoms with Gasteiger partial charge in [-0.2, -0.15) is 11.8 Å². The summed E-state index contributed by atoms with van der Waals surface area (Å²) in [4.78, 5) is 73.6. The molecule has 0 aliphatic carbocycles. The van der Waals surface area contributed by atoms with Crippen LogP contribution in [0.4, 0.5) is 4.79 Å². The minimum Gasteiger partial charge on any atom is -0.462 e. The van der Waals surface area contributed by atoms with Crippen LogP contribution < -0.4 is 16.0 Å². The Hall–Kier alpha value is -2.49. The maximum absolute atomic E-state index is 13.0. The van der Waals surface area contributed by atoms with Crippen LogP contribution in [0.5, 0.6) is 0 Å². The van der Waals surface area contributed by atoms with Gasteiger partial charge in [0.05, 0.1) is 25.3 Å². The van der Waals surface area contributed by atoms with Crippen LogP contribution in [0, 0.1) is 0 Å². The van der Waals surface area contributed by atoms with Crippen molar-refractivity contribution >= 4 is 49.7 Å². The molecular formula is C55H101N4O11PS. The van der Waals surface area contributed by atoms with Gasteiger partial charge in [0.25, 0.3) is 0 Å². The minimum atomic E-state index is -4.55. The second-order valence-electron chi connectivity index (χ2n) is 20.0. The van der Waals surface area contributed by atoms with Crippen LogP contribution in [-0.2, 0) is 42.3 Å². The maximum Gasteiger partial charge on any atom is 0.472 e. The highest BCUT2D eigenvalue weighted by molar-refractivity contribution is 8.00. The number of urea groups is 1. The number of phosphoric acid groups is 1. The van der Waals surface area contributed by atoms with E-state index in [1.807, 2.05) is 11.8 Å². The first-order valence-electron chi connectivity index (χ1n) is 28.8. The van der Waals surface area contributed by atoms with Crippen LogP contribution in [0.1, 0.15) is 232 Å². The van der Waals surface area contributed by atoms with E-state index in [9.17, 15) is 33.4 Å². The molecule has 2 heterocycles. The molecule has 0 spiro atoms. The molecule has 15 nitrogen and oxygen atoms in total. The fraction of sp³-hybridized carbons (Fsp3) is 0.873. The van der Waals surface area contributed by atoms with E-state index in [4.69, 9.17) is 18.5 Å². The molecular weight excluding hydrogens is 956 g/mol. The van der Waals surface area contributed by atoms with Gasteiger partial charge in [0.2, 0.25) is 5.91 Å². The van der Waals surface area contributed by atoms with Gasteiger partial charge in [0.15, 0.2) is 6.10 Å². The molecule has 418 valence electrons. The smallest absolute Gasteiger partial charge is 0.462 e. The van der Waals surface area contributed by atoms with Gasteiger partial charge in [-0.3, -0.25) is 23.4 Å². The first kappa shape index (κ1) is 65.6. The summed E-state index contributed by atoms with van der Waals surface area (Å²) in [6, 6.07) is 0.214. The highest BCUT2D eigenvalue weighted by atomic mass is 32.2. The predicted octanol–water partition coefficient (Wildman–Crippen LogP) is 12.2. The number of hydrogen-bond acceptors (Lipinski definition) is 12. The van der Waals surface area contributed by atoms with Crippen LogP contribution in [0.25, 0.3) is 0 Å². The number of phosphoric ester groups is 1. The molecule has 0 radical (unpaired) electrons. The SMILES string of the molecule is CCCCCCCC/C=C\CCCCCCCC(=O)O[C@H](COC(=O)CCCCCCCCCCCCCCC)COP(=O)(O)OCCNCCCN(CCC=O)C(=O)CCCCC1SCC2NC(=O)NC21. The van der Waals surface area contributed by atoms with E-state index in [0.717, 1.165) is 89.1 Å². The van der Waals surface area contributed by atoms with E-state index in [2.05, 4.69) is 41.9 Å². The molecule has 4 unspecified atom stereocenters. The number of fused-ring (bicyclic) bond motifs is 1. The highest BCUT2D eigenvalue weighted by Crippen LogP contribution is 2.43. The number of hydrogen-bond donors (Lipinski definition) is 4. The molecule has 2 aliphatic heterocycles. The number of carbonyl (C=O) groups excluding carboxylic acids is 5. The number of thioether (sulfide) groups is 1. The number of carbonyl (C=O) groups is 5. The van der Waals surface area contributed by atoms with Crippen molar-refractivity contribution in [3.8, 4) is 0 Å². The van der Waals surface area contributed by atoms with Gasteiger partial charge in [0, 0.05) is 56.3 Å². The summed E-state index contributed by atoms with van der Waals surface area (Å²) < 4.78 is 34.4. The summed E-state index contributed by atoms with van der Waals surface area (Å²) in [6.07, 6.45) is 39.1. The second-order valence-corrected chi connectivity index (χ2v) is 22.8. The molecule has 2 rings (SSSR count). The first-order valence-corrected chi connectivity index (χ1v) is 31.4. The fourth-order valence-electron chi connectivity index (χ4n) is 9.21. The molecule has 2 aliphatic rings. The van der Waals surface area contributed by atoms with Gasteiger partial charge in [-0.1, -0.05) is 161 Å². The number of ether oxygens (including phenoxy) is 2. The molecule has 3 amide bonds. The van der Waals surface area contributed by atoms with Crippen LogP contribution in [0.2, 0.25) is 0 Å². The molecule has 0 aromatic rings. The lowest BCUT2D eigenvalue weighted by atomic mass is 10.0. The second kappa shape index (κ2) is 44.8. The third-order valence-corrected chi connectivity index (χ3v) is 16.0. The summed E-state index contributed by atoms with van der Waals surface area (Å²) in [5.41, 5.74) is 0. The molecule has 2 fully saturated rings. The summed E-state index contributed by atoms with van der Waals surface area (Å²) in [5.74, 6) is 0.0163. The molecule has 0 bridgehead atoms. The van der Waals surface area contributed by atoms with Crippen molar-refractivity contribution in [1.29, 1.82) is 0 Å². The molecule has 4 N–H and O–H groups in total. The average molecular weight is 1060 g/mol.